The third-order valence-corrected chi connectivity index (χ3v) is 3.42. The van der Waals surface area contributed by atoms with Crippen molar-refractivity contribution in [3.63, 3.8) is 0 Å². The summed E-state index contributed by atoms with van der Waals surface area (Å²) in [4.78, 5) is 0. The minimum absolute atomic E-state index is 0. The molecule has 0 amide bonds. The zero-order chi connectivity index (χ0) is 9.73. The highest BCUT2D eigenvalue weighted by Gasteiger charge is 2.22. The fourth-order valence-electron chi connectivity index (χ4n) is 2.39. The van der Waals surface area contributed by atoms with Gasteiger partial charge in [-0.25, -0.2) is 0 Å². The third kappa shape index (κ3) is 5.21. The molecule has 1 rings (SSSR count). The van der Waals surface area contributed by atoms with Gasteiger partial charge in [0.2, 0.25) is 0 Å². The summed E-state index contributed by atoms with van der Waals surface area (Å²) >= 11 is 0. The molecule has 0 radical (unpaired) electrons. The van der Waals surface area contributed by atoms with E-state index in [9.17, 15) is 0 Å². The molecule has 14 heavy (non-hydrogen) atoms. The Labute approximate surface area is 95.9 Å². The van der Waals surface area contributed by atoms with Crippen LogP contribution in [0.1, 0.15) is 51.4 Å². The van der Waals surface area contributed by atoms with Crippen LogP contribution in [0.5, 0.6) is 0 Å². The maximum atomic E-state index is 2.35. The predicted molar refractivity (Wildman–Crippen MR) is 58.8 cm³/mol. The summed E-state index contributed by atoms with van der Waals surface area (Å²) in [6.45, 7) is 0. The number of quaternary nitrogens is 1. The first-order valence-corrected chi connectivity index (χ1v) is 5.92. The maximum Gasteiger partial charge on any atom is 0.0884 e. The van der Waals surface area contributed by atoms with E-state index in [0.29, 0.717) is 0 Å². The minimum atomic E-state index is 0. The fraction of sp³-hybridized carbons (Fsp3) is 1.00. The molecule has 0 aromatic carbocycles. The van der Waals surface area contributed by atoms with E-state index >= 15 is 0 Å². The highest BCUT2D eigenvalue weighted by Crippen LogP contribution is 2.22. The minimum Gasteiger partial charge on any atom is -1.00 e. The number of nitrogens with zero attached hydrogens (tertiary/aromatic N) is 1. The molecular weight excluding hydrogens is 194 g/mol. The standard InChI is InChI=1S/C12H26N.ClH/c1-13(2,3)12-10-8-6-4-5-7-9-11-12;/h12H,4-11H2,1-3H3;1H/q+1;/p-1. The van der Waals surface area contributed by atoms with Gasteiger partial charge in [-0.1, -0.05) is 25.7 Å². The number of halogens is 1. The Bertz CT molecular complexity index is 130. The van der Waals surface area contributed by atoms with Gasteiger partial charge in [0.15, 0.2) is 0 Å². The Balaban J connectivity index is 0.00000169. The molecule has 0 saturated heterocycles. The summed E-state index contributed by atoms with van der Waals surface area (Å²) in [6.07, 6.45) is 11.7. The third-order valence-electron chi connectivity index (χ3n) is 3.42. The Morgan fingerprint density at radius 3 is 1.43 bits per heavy atom. The van der Waals surface area contributed by atoms with Crippen LogP contribution in [-0.4, -0.2) is 31.7 Å². The number of rotatable bonds is 1. The second-order valence-corrected chi connectivity index (χ2v) is 5.47. The van der Waals surface area contributed by atoms with E-state index in [-0.39, 0.29) is 12.4 Å². The Hall–Kier alpha value is 0.250. The molecule has 0 spiro atoms. The predicted octanol–water partition coefficient (Wildman–Crippen LogP) is 0.200. The van der Waals surface area contributed by atoms with Crippen molar-refractivity contribution in [3.05, 3.63) is 0 Å². The molecule has 2 heteroatoms. The van der Waals surface area contributed by atoms with Crippen molar-refractivity contribution < 1.29 is 16.9 Å². The molecule has 1 nitrogen and oxygen atoms in total. The molecule has 0 N–H and O–H groups in total. The van der Waals surface area contributed by atoms with Gasteiger partial charge in [-0.05, 0) is 25.7 Å². The molecule has 0 bridgehead atoms. The first-order valence-electron chi connectivity index (χ1n) is 5.92. The summed E-state index contributed by atoms with van der Waals surface area (Å²) < 4.78 is 1.17. The van der Waals surface area contributed by atoms with E-state index in [0.717, 1.165) is 6.04 Å². The van der Waals surface area contributed by atoms with E-state index in [1.54, 1.807) is 0 Å². The van der Waals surface area contributed by atoms with E-state index in [4.69, 9.17) is 0 Å². The lowest BCUT2D eigenvalue weighted by atomic mass is 10.0. The molecule has 86 valence electrons. The van der Waals surface area contributed by atoms with Crippen molar-refractivity contribution in [2.75, 3.05) is 21.1 Å². The average molecular weight is 220 g/mol. The lowest BCUT2D eigenvalue weighted by molar-refractivity contribution is -0.896. The van der Waals surface area contributed by atoms with Crippen LogP contribution in [0.25, 0.3) is 0 Å². The monoisotopic (exact) mass is 219 g/mol. The van der Waals surface area contributed by atoms with Gasteiger partial charge in [0, 0.05) is 0 Å². The molecule has 1 aliphatic rings. The molecule has 1 saturated carbocycles. The molecule has 0 atom stereocenters. The van der Waals surface area contributed by atoms with Crippen molar-refractivity contribution in [1.82, 2.24) is 0 Å². The van der Waals surface area contributed by atoms with Gasteiger partial charge >= 0.3 is 0 Å². The fourth-order valence-corrected chi connectivity index (χ4v) is 2.39. The van der Waals surface area contributed by atoms with Crippen LogP contribution in [0.15, 0.2) is 0 Å². The zero-order valence-electron chi connectivity index (χ0n) is 10.1. The lowest BCUT2D eigenvalue weighted by Gasteiger charge is -2.34. The smallest absolute Gasteiger partial charge is 0.0884 e. The average Bonchev–Trinajstić information content (AvgIpc) is 2.14. The van der Waals surface area contributed by atoms with E-state index in [2.05, 4.69) is 21.1 Å². The van der Waals surface area contributed by atoms with Gasteiger partial charge in [-0.15, -0.1) is 0 Å². The van der Waals surface area contributed by atoms with Crippen molar-refractivity contribution in [2.24, 2.45) is 0 Å². The summed E-state index contributed by atoms with van der Waals surface area (Å²) in [7, 11) is 7.05. The Morgan fingerprint density at radius 2 is 1.07 bits per heavy atom. The van der Waals surface area contributed by atoms with Gasteiger partial charge in [0.05, 0.1) is 27.2 Å². The molecular formula is C12H26ClN. The second-order valence-electron chi connectivity index (χ2n) is 5.47. The van der Waals surface area contributed by atoms with Crippen LogP contribution in [0.2, 0.25) is 0 Å². The van der Waals surface area contributed by atoms with Crippen LogP contribution in [0.3, 0.4) is 0 Å². The van der Waals surface area contributed by atoms with Crippen molar-refractivity contribution in [3.8, 4) is 0 Å². The zero-order valence-corrected chi connectivity index (χ0v) is 10.8. The van der Waals surface area contributed by atoms with Crippen LogP contribution in [-0.2, 0) is 0 Å². The van der Waals surface area contributed by atoms with Crippen molar-refractivity contribution >= 4 is 0 Å². The number of hydrogen-bond donors (Lipinski definition) is 0. The summed E-state index contributed by atoms with van der Waals surface area (Å²) in [5.41, 5.74) is 0. The highest BCUT2D eigenvalue weighted by atomic mass is 35.5. The second kappa shape index (κ2) is 6.68. The molecule has 0 unspecified atom stereocenters. The van der Waals surface area contributed by atoms with E-state index < -0.39 is 0 Å². The summed E-state index contributed by atoms with van der Waals surface area (Å²) in [6, 6.07) is 0.915. The summed E-state index contributed by atoms with van der Waals surface area (Å²) in [5, 5.41) is 0. The Morgan fingerprint density at radius 1 is 0.714 bits per heavy atom. The lowest BCUT2D eigenvalue weighted by Crippen LogP contribution is -3.00. The Kier molecular flexibility index (Phi) is 6.80. The molecule has 0 aromatic heterocycles. The first-order chi connectivity index (χ1) is 6.11. The molecule has 0 aliphatic heterocycles. The van der Waals surface area contributed by atoms with Crippen LogP contribution in [0, 0.1) is 0 Å². The quantitative estimate of drug-likeness (QED) is 0.553. The van der Waals surface area contributed by atoms with Gasteiger partial charge in [0.25, 0.3) is 0 Å². The normalized spacial score (nSPS) is 21.6. The SMILES string of the molecule is C[N+](C)(C)C1CCCCCCCC1.[Cl-]. The van der Waals surface area contributed by atoms with Gasteiger partial charge in [-0.3, -0.25) is 0 Å². The number of hydrogen-bond acceptors (Lipinski definition) is 0. The first kappa shape index (κ1) is 14.2. The van der Waals surface area contributed by atoms with E-state index in [1.165, 1.54) is 55.8 Å². The highest BCUT2D eigenvalue weighted by molar-refractivity contribution is 4.62. The van der Waals surface area contributed by atoms with Crippen LogP contribution < -0.4 is 12.4 Å². The van der Waals surface area contributed by atoms with Crippen LogP contribution in [0.4, 0.5) is 0 Å². The van der Waals surface area contributed by atoms with E-state index in [1.807, 2.05) is 0 Å². The topological polar surface area (TPSA) is 0 Å². The molecule has 0 aromatic rings. The van der Waals surface area contributed by atoms with Crippen LogP contribution >= 0.6 is 0 Å². The maximum absolute atomic E-state index is 2.35. The van der Waals surface area contributed by atoms with Crippen molar-refractivity contribution in [1.29, 1.82) is 0 Å². The van der Waals surface area contributed by atoms with Gasteiger partial charge in [0.1, 0.15) is 0 Å². The summed E-state index contributed by atoms with van der Waals surface area (Å²) in [5.74, 6) is 0. The van der Waals surface area contributed by atoms with Gasteiger partial charge in [-0.2, -0.15) is 0 Å². The molecule has 0 heterocycles. The van der Waals surface area contributed by atoms with Crippen molar-refractivity contribution in [2.45, 2.75) is 57.4 Å². The van der Waals surface area contributed by atoms with Gasteiger partial charge < -0.3 is 16.9 Å². The largest absolute Gasteiger partial charge is 1.00 e. The molecule has 1 fully saturated rings. The molecule has 1 aliphatic carbocycles.